The molecule has 4 nitrogen and oxygen atoms in total. The predicted octanol–water partition coefficient (Wildman–Crippen LogP) is 3.35. The van der Waals surface area contributed by atoms with Crippen LogP contribution in [0.25, 0.3) is 16.9 Å². The number of hydrogen-bond donors (Lipinski definition) is 0. The lowest BCUT2D eigenvalue weighted by Gasteiger charge is -2.21. The molecule has 3 aromatic rings. The normalized spacial score (nSPS) is 13.4. The highest BCUT2D eigenvalue weighted by Crippen LogP contribution is 2.34. The van der Waals surface area contributed by atoms with Gasteiger partial charge in [0.15, 0.2) is 9.84 Å². The van der Waals surface area contributed by atoms with Crippen molar-refractivity contribution in [2.24, 2.45) is 0 Å². The van der Waals surface area contributed by atoms with Gasteiger partial charge in [-0.05, 0) is 37.1 Å². The summed E-state index contributed by atoms with van der Waals surface area (Å²) in [5.41, 5.74) is 5.28. The quantitative estimate of drug-likeness (QED) is 0.720. The molecular formula is C19H18N2O2S. The second kappa shape index (κ2) is 5.31. The van der Waals surface area contributed by atoms with Gasteiger partial charge >= 0.3 is 0 Å². The molecule has 1 aliphatic heterocycles. The van der Waals surface area contributed by atoms with Crippen molar-refractivity contribution in [2.45, 2.75) is 24.7 Å². The van der Waals surface area contributed by atoms with Gasteiger partial charge in [0, 0.05) is 18.2 Å². The summed E-state index contributed by atoms with van der Waals surface area (Å²) < 4.78 is 25.9. The molecule has 5 heteroatoms. The standard InChI is InChI=1S/C19H18N2O2S/c1-13-19(14-6-4-3-5-7-14)21-17-10-9-16(24(2,22)23)12-15(17)8-11-18(21)20-13/h3-7,9-10,12H,8,11H2,1-2H3. The zero-order valence-corrected chi connectivity index (χ0v) is 14.5. The van der Waals surface area contributed by atoms with Gasteiger partial charge in [0.1, 0.15) is 5.82 Å². The minimum atomic E-state index is -3.20. The van der Waals surface area contributed by atoms with E-state index in [0.29, 0.717) is 4.90 Å². The van der Waals surface area contributed by atoms with E-state index in [1.54, 1.807) is 12.1 Å². The van der Waals surface area contributed by atoms with Crippen molar-refractivity contribution in [2.75, 3.05) is 6.26 Å². The number of imidazole rings is 1. The number of rotatable bonds is 2. The second-order valence-corrected chi connectivity index (χ2v) is 8.24. The topological polar surface area (TPSA) is 52.0 Å². The van der Waals surface area contributed by atoms with Gasteiger partial charge in [0.2, 0.25) is 0 Å². The van der Waals surface area contributed by atoms with Crippen molar-refractivity contribution in [3.8, 4) is 16.9 Å². The highest BCUT2D eigenvalue weighted by molar-refractivity contribution is 7.90. The summed E-state index contributed by atoms with van der Waals surface area (Å²) in [6, 6.07) is 15.6. The van der Waals surface area contributed by atoms with E-state index in [1.165, 1.54) is 6.26 Å². The molecular weight excluding hydrogens is 320 g/mol. The van der Waals surface area contributed by atoms with Gasteiger partial charge in [-0.25, -0.2) is 13.4 Å². The van der Waals surface area contributed by atoms with Crippen LogP contribution in [-0.2, 0) is 22.7 Å². The monoisotopic (exact) mass is 338 g/mol. The number of aromatic nitrogens is 2. The van der Waals surface area contributed by atoms with Crippen molar-refractivity contribution in [3.05, 3.63) is 65.6 Å². The first kappa shape index (κ1) is 15.1. The van der Waals surface area contributed by atoms with E-state index in [-0.39, 0.29) is 0 Å². The van der Waals surface area contributed by atoms with Gasteiger partial charge in [-0.1, -0.05) is 30.3 Å². The molecule has 0 atom stereocenters. The molecule has 0 saturated heterocycles. The van der Waals surface area contributed by atoms with Crippen LogP contribution in [0, 0.1) is 6.92 Å². The zero-order valence-electron chi connectivity index (χ0n) is 13.7. The summed E-state index contributed by atoms with van der Waals surface area (Å²) in [4.78, 5) is 5.12. The van der Waals surface area contributed by atoms with E-state index in [2.05, 4.69) is 16.7 Å². The maximum absolute atomic E-state index is 11.8. The summed E-state index contributed by atoms with van der Waals surface area (Å²) in [5, 5.41) is 0. The van der Waals surface area contributed by atoms with E-state index in [1.807, 2.05) is 31.2 Å². The smallest absolute Gasteiger partial charge is 0.175 e. The molecule has 0 spiro atoms. The first-order chi connectivity index (χ1) is 11.4. The third-order valence-corrected chi connectivity index (χ3v) is 5.62. The maximum atomic E-state index is 11.8. The Morgan fingerprint density at radius 2 is 1.79 bits per heavy atom. The van der Waals surface area contributed by atoms with Crippen LogP contribution in [0.2, 0.25) is 0 Å². The van der Waals surface area contributed by atoms with Crippen LogP contribution in [0.15, 0.2) is 53.4 Å². The fourth-order valence-electron chi connectivity index (χ4n) is 3.41. The van der Waals surface area contributed by atoms with Gasteiger partial charge in [0.25, 0.3) is 0 Å². The highest BCUT2D eigenvalue weighted by Gasteiger charge is 2.24. The summed E-state index contributed by atoms with van der Waals surface area (Å²) in [5.74, 6) is 1.03. The molecule has 0 saturated carbocycles. The van der Waals surface area contributed by atoms with Crippen LogP contribution in [-0.4, -0.2) is 24.2 Å². The van der Waals surface area contributed by atoms with Gasteiger partial charge < -0.3 is 0 Å². The lowest BCUT2D eigenvalue weighted by molar-refractivity contribution is 0.601. The number of fused-ring (bicyclic) bond motifs is 3. The molecule has 1 aromatic heterocycles. The third-order valence-electron chi connectivity index (χ3n) is 4.51. The SMILES string of the molecule is Cc1nc2n(c1-c1ccccc1)-c1ccc(S(C)(=O)=O)cc1CC2. The first-order valence-electron chi connectivity index (χ1n) is 7.92. The molecule has 0 amide bonds. The number of hydrogen-bond acceptors (Lipinski definition) is 3. The summed E-state index contributed by atoms with van der Waals surface area (Å²) in [6.45, 7) is 2.03. The van der Waals surface area contributed by atoms with Gasteiger partial charge in [-0.15, -0.1) is 0 Å². The van der Waals surface area contributed by atoms with E-state index in [9.17, 15) is 8.42 Å². The van der Waals surface area contributed by atoms with Crippen LogP contribution in [0.5, 0.6) is 0 Å². The minimum Gasteiger partial charge on any atom is -0.296 e. The Bertz CT molecular complexity index is 1030. The van der Waals surface area contributed by atoms with Crippen molar-refractivity contribution in [3.63, 3.8) is 0 Å². The molecule has 122 valence electrons. The largest absolute Gasteiger partial charge is 0.296 e. The van der Waals surface area contributed by atoms with Crippen LogP contribution < -0.4 is 0 Å². The molecule has 0 radical (unpaired) electrons. The Hall–Kier alpha value is -2.40. The van der Waals surface area contributed by atoms with Crippen molar-refractivity contribution < 1.29 is 8.42 Å². The Kier molecular flexibility index (Phi) is 3.35. The Morgan fingerprint density at radius 1 is 1.04 bits per heavy atom. The van der Waals surface area contributed by atoms with Crippen LogP contribution in [0.4, 0.5) is 0 Å². The van der Waals surface area contributed by atoms with Crippen LogP contribution in [0.3, 0.4) is 0 Å². The van der Waals surface area contributed by atoms with Gasteiger partial charge in [0.05, 0.1) is 22.0 Å². The predicted molar refractivity (Wildman–Crippen MR) is 94.3 cm³/mol. The van der Waals surface area contributed by atoms with E-state index in [4.69, 9.17) is 4.98 Å². The highest BCUT2D eigenvalue weighted by atomic mass is 32.2. The van der Waals surface area contributed by atoms with Crippen molar-refractivity contribution in [1.82, 2.24) is 9.55 Å². The van der Waals surface area contributed by atoms with E-state index >= 15 is 0 Å². The molecule has 0 bridgehead atoms. The minimum absolute atomic E-state index is 0.378. The van der Waals surface area contributed by atoms with Gasteiger partial charge in [-0.3, -0.25) is 4.57 Å². The number of aryl methyl sites for hydroxylation is 3. The number of nitrogens with zero attached hydrogens (tertiary/aromatic N) is 2. The van der Waals surface area contributed by atoms with Crippen LogP contribution >= 0.6 is 0 Å². The summed E-state index contributed by atoms with van der Waals surface area (Å²) in [6.07, 6.45) is 2.87. The Morgan fingerprint density at radius 3 is 2.50 bits per heavy atom. The molecule has 2 heterocycles. The average molecular weight is 338 g/mol. The van der Waals surface area contributed by atoms with Crippen LogP contribution in [0.1, 0.15) is 17.1 Å². The lowest BCUT2D eigenvalue weighted by Crippen LogP contribution is -2.14. The van der Waals surface area contributed by atoms with E-state index < -0.39 is 9.84 Å². The molecule has 0 unspecified atom stereocenters. The molecule has 2 aromatic carbocycles. The summed E-state index contributed by atoms with van der Waals surface area (Å²) >= 11 is 0. The number of sulfone groups is 1. The average Bonchev–Trinajstić information content (AvgIpc) is 2.90. The Labute approximate surface area is 141 Å². The number of benzene rings is 2. The third kappa shape index (κ3) is 2.36. The zero-order chi connectivity index (χ0) is 16.9. The molecule has 4 rings (SSSR count). The lowest BCUT2D eigenvalue weighted by atomic mass is 10.0. The van der Waals surface area contributed by atoms with Gasteiger partial charge in [-0.2, -0.15) is 0 Å². The van der Waals surface area contributed by atoms with E-state index in [0.717, 1.165) is 46.9 Å². The van der Waals surface area contributed by atoms with Crippen molar-refractivity contribution >= 4 is 9.84 Å². The first-order valence-corrected chi connectivity index (χ1v) is 9.81. The van der Waals surface area contributed by atoms with Crippen molar-refractivity contribution in [1.29, 1.82) is 0 Å². The molecule has 0 fully saturated rings. The second-order valence-electron chi connectivity index (χ2n) is 6.23. The fourth-order valence-corrected chi connectivity index (χ4v) is 4.08. The maximum Gasteiger partial charge on any atom is 0.175 e. The molecule has 0 aliphatic carbocycles. The Balaban J connectivity index is 1.96. The molecule has 0 N–H and O–H groups in total. The summed E-state index contributed by atoms with van der Waals surface area (Å²) in [7, 11) is -3.20. The fraction of sp³-hybridized carbons (Fsp3) is 0.211. The molecule has 24 heavy (non-hydrogen) atoms. The molecule has 1 aliphatic rings.